The van der Waals surface area contributed by atoms with Gasteiger partial charge in [-0.2, -0.15) is 0 Å². The second-order valence-corrected chi connectivity index (χ2v) is 4.57. The molecule has 0 fully saturated rings. The number of amides is 2. The Morgan fingerprint density at radius 3 is 2.40 bits per heavy atom. The highest BCUT2D eigenvalue weighted by molar-refractivity contribution is 5.93. The molecule has 0 aromatic heterocycles. The molecule has 6 heteroatoms. The molecule has 0 saturated carbocycles. The standard InChI is InChI=1S/C14H22N4O2/c1-3-14(4-2,12(15)18-20)17-13(19)16-10-11-8-6-5-7-9-11/h5-9,20H,3-4,10H2,1-2H3,(H2,15,18)(H2,16,17,19). The minimum Gasteiger partial charge on any atom is -0.409 e. The highest BCUT2D eigenvalue weighted by Gasteiger charge is 2.33. The highest BCUT2D eigenvalue weighted by atomic mass is 16.4. The van der Waals surface area contributed by atoms with Gasteiger partial charge in [0.1, 0.15) is 5.54 Å². The van der Waals surface area contributed by atoms with Gasteiger partial charge in [0, 0.05) is 6.54 Å². The van der Waals surface area contributed by atoms with E-state index in [1.165, 1.54) is 0 Å². The molecule has 1 rings (SSSR count). The van der Waals surface area contributed by atoms with Crippen molar-refractivity contribution in [1.29, 1.82) is 0 Å². The lowest BCUT2D eigenvalue weighted by Gasteiger charge is -2.31. The van der Waals surface area contributed by atoms with Crippen LogP contribution in [0.4, 0.5) is 4.79 Å². The summed E-state index contributed by atoms with van der Waals surface area (Å²) in [4.78, 5) is 12.0. The number of nitrogens with zero attached hydrogens (tertiary/aromatic N) is 1. The monoisotopic (exact) mass is 278 g/mol. The van der Waals surface area contributed by atoms with Gasteiger partial charge in [-0.25, -0.2) is 4.79 Å². The van der Waals surface area contributed by atoms with Crippen LogP contribution in [0.3, 0.4) is 0 Å². The summed E-state index contributed by atoms with van der Waals surface area (Å²) in [6.07, 6.45) is 1.08. The number of carbonyl (C=O) groups is 1. The summed E-state index contributed by atoms with van der Waals surface area (Å²) < 4.78 is 0. The molecule has 0 saturated heterocycles. The summed E-state index contributed by atoms with van der Waals surface area (Å²) in [5.41, 5.74) is 5.87. The minimum absolute atomic E-state index is 0.0114. The molecule has 110 valence electrons. The van der Waals surface area contributed by atoms with E-state index in [4.69, 9.17) is 10.9 Å². The van der Waals surface area contributed by atoms with Crippen LogP contribution in [0.25, 0.3) is 0 Å². The summed E-state index contributed by atoms with van der Waals surface area (Å²) in [5, 5.41) is 17.4. The first-order chi connectivity index (χ1) is 9.57. The van der Waals surface area contributed by atoms with E-state index in [0.717, 1.165) is 5.56 Å². The second-order valence-electron chi connectivity index (χ2n) is 4.57. The van der Waals surface area contributed by atoms with Crippen LogP contribution < -0.4 is 16.4 Å². The van der Waals surface area contributed by atoms with E-state index >= 15 is 0 Å². The van der Waals surface area contributed by atoms with Crippen LogP contribution in [0.2, 0.25) is 0 Å². The predicted octanol–water partition coefficient (Wildman–Crippen LogP) is 1.79. The van der Waals surface area contributed by atoms with Gasteiger partial charge >= 0.3 is 6.03 Å². The number of benzene rings is 1. The Morgan fingerprint density at radius 1 is 1.30 bits per heavy atom. The van der Waals surface area contributed by atoms with Crippen molar-refractivity contribution in [1.82, 2.24) is 10.6 Å². The third-order valence-corrected chi connectivity index (χ3v) is 3.45. The molecule has 20 heavy (non-hydrogen) atoms. The number of nitrogens with two attached hydrogens (primary N) is 1. The number of amidine groups is 1. The van der Waals surface area contributed by atoms with E-state index in [1.807, 2.05) is 44.2 Å². The Kier molecular flexibility index (Phi) is 5.83. The maximum atomic E-state index is 12.0. The summed E-state index contributed by atoms with van der Waals surface area (Å²) >= 11 is 0. The number of nitrogens with one attached hydrogen (secondary N) is 2. The van der Waals surface area contributed by atoms with Crippen molar-refractivity contribution in [3.8, 4) is 0 Å². The quantitative estimate of drug-likeness (QED) is 0.276. The molecule has 0 aliphatic carbocycles. The molecule has 0 atom stereocenters. The summed E-state index contributed by atoms with van der Waals surface area (Å²) in [6, 6.07) is 9.25. The first-order valence-electron chi connectivity index (χ1n) is 6.66. The Balaban J connectivity index is 2.63. The lowest BCUT2D eigenvalue weighted by Crippen LogP contribution is -2.59. The van der Waals surface area contributed by atoms with E-state index in [0.29, 0.717) is 19.4 Å². The van der Waals surface area contributed by atoms with Crippen LogP contribution in [0.1, 0.15) is 32.3 Å². The Labute approximate surface area is 119 Å². The number of rotatable bonds is 6. The third-order valence-electron chi connectivity index (χ3n) is 3.45. The predicted molar refractivity (Wildman–Crippen MR) is 78.5 cm³/mol. The van der Waals surface area contributed by atoms with E-state index in [2.05, 4.69) is 15.8 Å². The van der Waals surface area contributed by atoms with Crippen LogP contribution in [0, 0.1) is 0 Å². The van der Waals surface area contributed by atoms with E-state index in [1.54, 1.807) is 0 Å². The van der Waals surface area contributed by atoms with E-state index in [9.17, 15) is 4.79 Å². The number of urea groups is 1. The SMILES string of the molecule is CCC(CC)(NC(=O)NCc1ccccc1)/C(N)=N/O. The van der Waals surface area contributed by atoms with Gasteiger partial charge in [0.2, 0.25) is 0 Å². The van der Waals surface area contributed by atoms with Crippen molar-refractivity contribution in [3.63, 3.8) is 0 Å². The Morgan fingerprint density at radius 2 is 1.90 bits per heavy atom. The fourth-order valence-corrected chi connectivity index (χ4v) is 1.99. The third kappa shape index (κ3) is 3.88. The van der Waals surface area contributed by atoms with Crippen LogP contribution >= 0.6 is 0 Å². The van der Waals surface area contributed by atoms with Gasteiger partial charge < -0.3 is 21.6 Å². The molecule has 1 aromatic rings. The van der Waals surface area contributed by atoms with Crippen molar-refractivity contribution >= 4 is 11.9 Å². The summed E-state index contributed by atoms with van der Waals surface area (Å²) in [5.74, 6) is 0.0114. The van der Waals surface area contributed by atoms with E-state index < -0.39 is 5.54 Å². The fraction of sp³-hybridized carbons (Fsp3) is 0.429. The van der Waals surface area contributed by atoms with Gasteiger partial charge in [-0.3, -0.25) is 0 Å². The average molecular weight is 278 g/mol. The van der Waals surface area contributed by atoms with Gasteiger partial charge in [-0.05, 0) is 18.4 Å². The Hall–Kier alpha value is -2.24. The normalized spacial score (nSPS) is 12.0. The number of hydrogen-bond acceptors (Lipinski definition) is 3. The van der Waals surface area contributed by atoms with Gasteiger partial charge in [0.15, 0.2) is 5.84 Å². The van der Waals surface area contributed by atoms with Gasteiger partial charge in [0.25, 0.3) is 0 Å². The number of oxime groups is 1. The zero-order valence-electron chi connectivity index (χ0n) is 11.9. The first-order valence-corrected chi connectivity index (χ1v) is 6.66. The maximum Gasteiger partial charge on any atom is 0.315 e. The topological polar surface area (TPSA) is 99.7 Å². The molecule has 1 aromatic carbocycles. The molecule has 0 spiro atoms. The van der Waals surface area contributed by atoms with E-state index in [-0.39, 0.29) is 11.9 Å². The number of hydrogen-bond donors (Lipinski definition) is 4. The van der Waals surface area contributed by atoms with Crippen LogP contribution in [-0.2, 0) is 6.54 Å². The molecule has 2 amide bonds. The second kappa shape index (κ2) is 7.37. The van der Waals surface area contributed by atoms with Crippen molar-refractivity contribution in [2.75, 3.05) is 0 Å². The molecule has 6 nitrogen and oxygen atoms in total. The molecular formula is C14H22N4O2. The van der Waals surface area contributed by atoms with Crippen LogP contribution in [0.5, 0.6) is 0 Å². The molecule has 0 aliphatic rings. The molecule has 0 radical (unpaired) electrons. The summed E-state index contributed by atoms with van der Waals surface area (Å²) in [7, 11) is 0. The zero-order valence-corrected chi connectivity index (χ0v) is 11.9. The molecule has 0 heterocycles. The van der Waals surface area contributed by atoms with Crippen LogP contribution in [-0.4, -0.2) is 22.6 Å². The van der Waals surface area contributed by atoms with Crippen molar-refractivity contribution in [2.24, 2.45) is 10.9 Å². The van der Waals surface area contributed by atoms with Crippen molar-refractivity contribution in [2.45, 2.75) is 38.8 Å². The van der Waals surface area contributed by atoms with Crippen molar-refractivity contribution < 1.29 is 10.0 Å². The molecule has 0 bridgehead atoms. The van der Waals surface area contributed by atoms with Gasteiger partial charge in [0.05, 0.1) is 0 Å². The molecule has 5 N–H and O–H groups in total. The van der Waals surface area contributed by atoms with Crippen LogP contribution in [0.15, 0.2) is 35.5 Å². The first kappa shape index (κ1) is 15.8. The molecular weight excluding hydrogens is 256 g/mol. The zero-order chi connectivity index (χ0) is 15.0. The summed E-state index contributed by atoms with van der Waals surface area (Å²) in [6.45, 7) is 4.17. The molecule has 0 unspecified atom stereocenters. The maximum absolute atomic E-state index is 12.0. The lowest BCUT2D eigenvalue weighted by atomic mass is 9.91. The van der Waals surface area contributed by atoms with Crippen molar-refractivity contribution in [3.05, 3.63) is 35.9 Å². The Bertz CT molecular complexity index is 456. The molecule has 0 aliphatic heterocycles. The van der Waals surface area contributed by atoms with Gasteiger partial charge in [-0.1, -0.05) is 49.3 Å². The smallest absolute Gasteiger partial charge is 0.315 e. The largest absolute Gasteiger partial charge is 0.409 e. The fourth-order valence-electron chi connectivity index (χ4n) is 1.99. The number of carbonyl (C=O) groups excluding carboxylic acids is 1. The minimum atomic E-state index is -0.824. The average Bonchev–Trinajstić information content (AvgIpc) is 2.51. The highest BCUT2D eigenvalue weighted by Crippen LogP contribution is 2.15. The lowest BCUT2D eigenvalue weighted by molar-refractivity contribution is 0.229. The van der Waals surface area contributed by atoms with Gasteiger partial charge in [-0.15, -0.1) is 0 Å².